The van der Waals surface area contributed by atoms with Crippen molar-refractivity contribution in [3.63, 3.8) is 0 Å². The third kappa shape index (κ3) is 1.38. The summed E-state index contributed by atoms with van der Waals surface area (Å²) in [6.07, 6.45) is 1.02. The van der Waals surface area contributed by atoms with Crippen LogP contribution in [-0.2, 0) is 13.0 Å². The molecule has 74 valence electrons. The fourth-order valence-electron chi connectivity index (χ4n) is 1.56. The highest BCUT2D eigenvalue weighted by Crippen LogP contribution is 2.33. The van der Waals surface area contributed by atoms with Crippen LogP contribution in [0.1, 0.15) is 17.4 Å². The van der Waals surface area contributed by atoms with Crippen molar-refractivity contribution >= 4 is 27.1 Å². The third-order valence-electron chi connectivity index (χ3n) is 2.37. The largest absolute Gasteiger partial charge is 0.398 e. The number of nitrogens with two attached hydrogens (primary N) is 1. The summed E-state index contributed by atoms with van der Waals surface area (Å²) in [4.78, 5) is 1.31. The number of thiophene rings is 1. The molecule has 2 aromatic rings. The fraction of sp³-hybridized carbons (Fsp3) is 0.273. The van der Waals surface area contributed by atoms with Crippen molar-refractivity contribution in [3.05, 3.63) is 28.6 Å². The van der Waals surface area contributed by atoms with Crippen LogP contribution in [0.15, 0.2) is 18.2 Å². The van der Waals surface area contributed by atoms with Crippen molar-refractivity contribution in [1.29, 1.82) is 0 Å². The van der Waals surface area contributed by atoms with E-state index >= 15 is 0 Å². The molecule has 0 radical (unpaired) electrons. The SMILES string of the molecule is CCc1cc2c(CO)ccc(N)c2s1. The second kappa shape index (κ2) is 3.59. The smallest absolute Gasteiger partial charge is 0.0688 e. The third-order valence-corrected chi connectivity index (χ3v) is 3.70. The monoisotopic (exact) mass is 207 g/mol. The van der Waals surface area contributed by atoms with Crippen LogP contribution in [-0.4, -0.2) is 5.11 Å². The van der Waals surface area contributed by atoms with Gasteiger partial charge in [0, 0.05) is 16.0 Å². The van der Waals surface area contributed by atoms with Crippen LogP contribution in [0.2, 0.25) is 0 Å². The van der Waals surface area contributed by atoms with Crippen LogP contribution in [0.25, 0.3) is 10.1 Å². The highest BCUT2D eigenvalue weighted by Gasteiger charge is 2.07. The van der Waals surface area contributed by atoms with Crippen molar-refractivity contribution < 1.29 is 5.11 Å². The first-order chi connectivity index (χ1) is 6.76. The molecule has 0 aliphatic heterocycles. The number of benzene rings is 1. The van der Waals surface area contributed by atoms with E-state index in [1.54, 1.807) is 11.3 Å². The van der Waals surface area contributed by atoms with Gasteiger partial charge in [-0.2, -0.15) is 0 Å². The normalized spacial score (nSPS) is 11.0. The van der Waals surface area contributed by atoms with Crippen LogP contribution >= 0.6 is 11.3 Å². The summed E-state index contributed by atoms with van der Waals surface area (Å²) in [7, 11) is 0. The van der Waals surface area contributed by atoms with Gasteiger partial charge < -0.3 is 10.8 Å². The van der Waals surface area contributed by atoms with Crippen LogP contribution < -0.4 is 5.73 Å². The highest BCUT2D eigenvalue weighted by atomic mass is 32.1. The Labute approximate surface area is 87.0 Å². The van der Waals surface area contributed by atoms with Gasteiger partial charge in [0.25, 0.3) is 0 Å². The van der Waals surface area contributed by atoms with Gasteiger partial charge in [-0.1, -0.05) is 13.0 Å². The van der Waals surface area contributed by atoms with E-state index in [9.17, 15) is 5.11 Å². The standard InChI is InChI=1S/C11H13NOS/c1-2-8-5-9-7(6-13)3-4-10(12)11(9)14-8/h3-5,13H,2,6,12H2,1H3. The molecule has 2 rings (SSSR count). The molecular weight excluding hydrogens is 194 g/mol. The van der Waals surface area contributed by atoms with Crippen molar-refractivity contribution in [3.8, 4) is 0 Å². The Morgan fingerprint density at radius 3 is 2.86 bits per heavy atom. The number of hydrogen-bond donors (Lipinski definition) is 2. The zero-order valence-electron chi connectivity index (χ0n) is 8.08. The number of aliphatic hydroxyl groups is 1. The minimum absolute atomic E-state index is 0.0800. The number of rotatable bonds is 2. The van der Waals surface area contributed by atoms with E-state index in [2.05, 4.69) is 13.0 Å². The van der Waals surface area contributed by atoms with E-state index in [1.165, 1.54) is 4.88 Å². The molecule has 0 aliphatic rings. The molecule has 1 aromatic heterocycles. The van der Waals surface area contributed by atoms with Gasteiger partial charge in [-0.3, -0.25) is 0 Å². The molecule has 0 aliphatic carbocycles. The second-order valence-electron chi connectivity index (χ2n) is 3.28. The molecule has 3 N–H and O–H groups in total. The van der Waals surface area contributed by atoms with E-state index < -0.39 is 0 Å². The van der Waals surface area contributed by atoms with Crippen LogP contribution in [0.3, 0.4) is 0 Å². The molecule has 0 unspecified atom stereocenters. The quantitative estimate of drug-likeness (QED) is 0.743. The van der Waals surface area contributed by atoms with Gasteiger partial charge in [0.2, 0.25) is 0 Å². The molecule has 0 amide bonds. The summed E-state index contributed by atoms with van der Waals surface area (Å²) in [6.45, 7) is 2.20. The van der Waals surface area contributed by atoms with Gasteiger partial charge in [-0.25, -0.2) is 0 Å². The van der Waals surface area contributed by atoms with E-state index in [0.29, 0.717) is 0 Å². The number of aliphatic hydroxyl groups excluding tert-OH is 1. The van der Waals surface area contributed by atoms with Crippen molar-refractivity contribution in [2.24, 2.45) is 0 Å². The number of anilines is 1. The first-order valence-electron chi connectivity index (χ1n) is 4.67. The van der Waals surface area contributed by atoms with Gasteiger partial charge >= 0.3 is 0 Å². The van der Waals surface area contributed by atoms with Crippen LogP contribution in [0.4, 0.5) is 5.69 Å². The molecule has 1 aromatic carbocycles. The maximum atomic E-state index is 9.17. The Balaban J connectivity index is 2.74. The van der Waals surface area contributed by atoms with E-state index in [-0.39, 0.29) is 6.61 Å². The average molecular weight is 207 g/mol. The minimum Gasteiger partial charge on any atom is -0.398 e. The molecule has 2 nitrogen and oxygen atoms in total. The zero-order valence-corrected chi connectivity index (χ0v) is 8.90. The summed E-state index contributed by atoms with van der Waals surface area (Å²) in [5.41, 5.74) is 7.65. The van der Waals surface area contributed by atoms with Gasteiger partial charge in [0.15, 0.2) is 0 Å². The maximum absolute atomic E-state index is 9.17. The number of fused-ring (bicyclic) bond motifs is 1. The predicted octanol–water partition coefficient (Wildman–Crippen LogP) is 2.54. The van der Waals surface area contributed by atoms with Gasteiger partial charge in [-0.05, 0) is 24.1 Å². The first-order valence-corrected chi connectivity index (χ1v) is 5.48. The predicted molar refractivity (Wildman–Crippen MR) is 61.5 cm³/mol. The lowest BCUT2D eigenvalue weighted by molar-refractivity contribution is 0.283. The summed E-state index contributed by atoms with van der Waals surface area (Å²) in [5.74, 6) is 0. The number of hydrogen-bond acceptors (Lipinski definition) is 3. The second-order valence-corrected chi connectivity index (χ2v) is 4.42. The summed E-state index contributed by atoms with van der Waals surface area (Å²) >= 11 is 1.72. The Morgan fingerprint density at radius 2 is 2.21 bits per heavy atom. The Kier molecular flexibility index (Phi) is 2.44. The summed E-state index contributed by atoms with van der Waals surface area (Å²) < 4.78 is 1.11. The molecular formula is C11H13NOS. The van der Waals surface area contributed by atoms with Crippen molar-refractivity contribution in [2.45, 2.75) is 20.0 Å². The van der Waals surface area contributed by atoms with Crippen LogP contribution in [0.5, 0.6) is 0 Å². The van der Waals surface area contributed by atoms with Gasteiger partial charge in [-0.15, -0.1) is 11.3 Å². The zero-order chi connectivity index (χ0) is 10.1. The number of nitrogen functional groups attached to an aromatic ring is 1. The van der Waals surface area contributed by atoms with Crippen LogP contribution in [0, 0.1) is 0 Å². The molecule has 0 bridgehead atoms. The molecule has 0 atom stereocenters. The molecule has 0 saturated carbocycles. The Hall–Kier alpha value is -1.06. The van der Waals surface area contributed by atoms with E-state index in [4.69, 9.17) is 5.73 Å². The summed E-state index contributed by atoms with van der Waals surface area (Å²) in [5, 5.41) is 10.3. The molecule has 14 heavy (non-hydrogen) atoms. The number of aryl methyl sites for hydroxylation is 1. The maximum Gasteiger partial charge on any atom is 0.0688 e. The molecule has 0 saturated heterocycles. The van der Waals surface area contributed by atoms with E-state index in [1.807, 2.05) is 12.1 Å². The summed E-state index contributed by atoms with van der Waals surface area (Å²) in [6, 6.07) is 5.88. The first kappa shape index (κ1) is 9.49. The molecule has 0 spiro atoms. The lowest BCUT2D eigenvalue weighted by atomic mass is 10.1. The Morgan fingerprint density at radius 1 is 1.43 bits per heavy atom. The molecule has 1 heterocycles. The van der Waals surface area contributed by atoms with Crippen molar-refractivity contribution in [1.82, 2.24) is 0 Å². The lowest BCUT2D eigenvalue weighted by Crippen LogP contribution is -1.88. The van der Waals surface area contributed by atoms with Crippen molar-refractivity contribution in [2.75, 3.05) is 5.73 Å². The Bertz CT molecular complexity index is 462. The molecule has 3 heteroatoms. The highest BCUT2D eigenvalue weighted by molar-refractivity contribution is 7.19. The van der Waals surface area contributed by atoms with Gasteiger partial charge in [0.05, 0.1) is 11.3 Å². The minimum atomic E-state index is 0.0800. The average Bonchev–Trinajstić information content (AvgIpc) is 2.63. The van der Waals surface area contributed by atoms with Gasteiger partial charge in [0.1, 0.15) is 0 Å². The lowest BCUT2D eigenvalue weighted by Gasteiger charge is -2.00. The molecule has 0 fully saturated rings. The topological polar surface area (TPSA) is 46.2 Å². The fourth-order valence-corrected chi connectivity index (χ4v) is 2.63. The van der Waals surface area contributed by atoms with E-state index in [0.717, 1.165) is 27.8 Å².